The maximum atomic E-state index is 11.6. The molecule has 0 aliphatic rings. The van der Waals surface area contributed by atoms with Crippen molar-refractivity contribution in [3.8, 4) is 0 Å². The molecule has 0 bridgehead atoms. The molecule has 90 valence electrons. The van der Waals surface area contributed by atoms with Gasteiger partial charge in [-0.05, 0) is 12.3 Å². The number of anilines is 1. The van der Waals surface area contributed by atoms with Gasteiger partial charge in [0.25, 0.3) is 0 Å². The largest absolute Gasteiger partial charge is 0.326 e. The van der Waals surface area contributed by atoms with E-state index < -0.39 is 0 Å². The van der Waals surface area contributed by atoms with E-state index in [0.717, 1.165) is 12.0 Å². The number of hydrogen-bond donors (Lipinski definition) is 2. The smallest absolute Gasteiger partial charge is 0.225 e. The molecule has 0 saturated carbocycles. The monoisotopic (exact) mass is 224 g/mol. The Morgan fingerprint density at radius 2 is 2.31 bits per heavy atom. The van der Waals surface area contributed by atoms with E-state index in [9.17, 15) is 4.79 Å². The van der Waals surface area contributed by atoms with Gasteiger partial charge in [0, 0.05) is 31.8 Å². The predicted octanol–water partition coefficient (Wildman–Crippen LogP) is 1.25. The lowest BCUT2D eigenvalue weighted by Crippen LogP contribution is -2.14. The summed E-state index contributed by atoms with van der Waals surface area (Å²) >= 11 is 0. The summed E-state index contributed by atoms with van der Waals surface area (Å²) in [4.78, 5) is 11.6. The molecule has 5 nitrogen and oxygen atoms in total. The first kappa shape index (κ1) is 12.7. The van der Waals surface area contributed by atoms with E-state index in [-0.39, 0.29) is 5.91 Å². The van der Waals surface area contributed by atoms with Crippen LogP contribution in [0.1, 0.15) is 32.3 Å². The SMILES string of the molecule is CC(C)CCC(=O)Nc1nn(C)cc1CN. The van der Waals surface area contributed by atoms with Gasteiger partial charge in [-0.15, -0.1) is 0 Å². The van der Waals surface area contributed by atoms with E-state index in [1.807, 2.05) is 13.2 Å². The van der Waals surface area contributed by atoms with Crippen molar-refractivity contribution in [2.24, 2.45) is 18.7 Å². The van der Waals surface area contributed by atoms with Crippen molar-refractivity contribution in [2.75, 3.05) is 5.32 Å². The predicted molar refractivity (Wildman–Crippen MR) is 63.8 cm³/mol. The third-order valence-electron chi connectivity index (χ3n) is 2.33. The van der Waals surface area contributed by atoms with Gasteiger partial charge in [-0.1, -0.05) is 13.8 Å². The number of aromatic nitrogens is 2. The van der Waals surface area contributed by atoms with E-state index in [1.165, 1.54) is 0 Å². The van der Waals surface area contributed by atoms with Crippen molar-refractivity contribution >= 4 is 11.7 Å². The average Bonchev–Trinajstić information content (AvgIpc) is 2.55. The lowest BCUT2D eigenvalue weighted by atomic mass is 10.1. The van der Waals surface area contributed by atoms with Crippen LogP contribution in [-0.2, 0) is 18.4 Å². The van der Waals surface area contributed by atoms with Gasteiger partial charge in [-0.3, -0.25) is 9.48 Å². The topological polar surface area (TPSA) is 72.9 Å². The van der Waals surface area contributed by atoms with Gasteiger partial charge in [0.1, 0.15) is 0 Å². The Hall–Kier alpha value is -1.36. The van der Waals surface area contributed by atoms with Crippen molar-refractivity contribution in [2.45, 2.75) is 33.2 Å². The third kappa shape index (κ3) is 3.66. The van der Waals surface area contributed by atoms with Crippen molar-refractivity contribution < 1.29 is 4.79 Å². The Labute approximate surface area is 96.0 Å². The molecule has 1 aromatic heterocycles. The van der Waals surface area contributed by atoms with E-state index in [4.69, 9.17) is 5.73 Å². The van der Waals surface area contributed by atoms with Crippen LogP contribution in [0, 0.1) is 5.92 Å². The number of hydrogen-bond acceptors (Lipinski definition) is 3. The minimum absolute atomic E-state index is 0.00194. The summed E-state index contributed by atoms with van der Waals surface area (Å²) in [5.41, 5.74) is 6.42. The molecule has 0 aromatic carbocycles. The van der Waals surface area contributed by atoms with Crippen LogP contribution in [0.25, 0.3) is 0 Å². The second-order valence-electron chi connectivity index (χ2n) is 4.36. The zero-order valence-corrected chi connectivity index (χ0v) is 10.2. The molecular weight excluding hydrogens is 204 g/mol. The molecule has 3 N–H and O–H groups in total. The van der Waals surface area contributed by atoms with Crippen LogP contribution in [-0.4, -0.2) is 15.7 Å². The first-order chi connectivity index (χ1) is 7.52. The summed E-state index contributed by atoms with van der Waals surface area (Å²) in [6, 6.07) is 0. The maximum Gasteiger partial charge on any atom is 0.225 e. The fraction of sp³-hybridized carbons (Fsp3) is 0.636. The lowest BCUT2D eigenvalue weighted by molar-refractivity contribution is -0.116. The number of nitrogens with one attached hydrogen (secondary N) is 1. The first-order valence-electron chi connectivity index (χ1n) is 5.55. The number of aryl methyl sites for hydroxylation is 1. The Balaban J connectivity index is 2.55. The summed E-state index contributed by atoms with van der Waals surface area (Å²) in [5, 5.41) is 6.94. The van der Waals surface area contributed by atoms with Crippen LogP contribution in [0.2, 0.25) is 0 Å². The van der Waals surface area contributed by atoms with Crippen molar-refractivity contribution in [1.29, 1.82) is 0 Å². The van der Waals surface area contributed by atoms with E-state index in [2.05, 4.69) is 24.3 Å². The van der Waals surface area contributed by atoms with Crippen LogP contribution in [0.5, 0.6) is 0 Å². The van der Waals surface area contributed by atoms with Crippen LogP contribution < -0.4 is 11.1 Å². The van der Waals surface area contributed by atoms with Crippen molar-refractivity contribution in [1.82, 2.24) is 9.78 Å². The number of nitrogens with two attached hydrogens (primary N) is 1. The number of rotatable bonds is 5. The summed E-state index contributed by atoms with van der Waals surface area (Å²) in [5.74, 6) is 1.12. The molecule has 0 fully saturated rings. The molecular formula is C11H20N4O. The molecule has 0 radical (unpaired) electrons. The molecule has 0 aliphatic carbocycles. The van der Waals surface area contributed by atoms with Gasteiger partial charge in [0.2, 0.25) is 5.91 Å². The van der Waals surface area contributed by atoms with Crippen molar-refractivity contribution in [3.05, 3.63) is 11.8 Å². The highest BCUT2D eigenvalue weighted by atomic mass is 16.1. The molecule has 1 heterocycles. The van der Waals surface area contributed by atoms with Gasteiger partial charge in [0.15, 0.2) is 5.82 Å². The zero-order chi connectivity index (χ0) is 12.1. The highest BCUT2D eigenvalue weighted by Crippen LogP contribution is 2.12. The molecule has 0 unspecified atom stereocenters. The van der Waals surface area contributed by atoms with Crippen LogP contribution in [0.15, 0.2) is 6.20 Å². The number of carbonyl (C=O) groups is 1. The molecule has 5 heteroatoms. The number of carbonyl (C=O) groups excluding carboxylic acids is 1. The van der Waals surface area contributed by atoms with Gasteiger partial charge >= 0.3 is 0 Å². The Bertz CT molecular complexity index is 357. The average molecular weight is 224 g/mol. The van der Waals surface area contributed by atoms with Gasteiger partial charge < -0.3 is 11.1 Å². The number of nitrogens with zero attached hydrogens (tertiary/aromatic N) is 2. The maximum absolute atomic E-state index is 11.6. The molecule has 1 rings (SSSR count). The highest BCUT2D eigenvalue weighted by Gasteiger charge is 2.10. The third-order valence-corrected chi connectivity index (χ3v) is 2.33. The quantitative estimate of drug-likeness (QED) is 0.790. The second kappa shape index (κ2) is 5.65. The Morgan fingerprint density at radius 3 is 2.88 bits per heavy atom. The minimum atomic E-state index is 0.00194. The fourth-order valence-corrected chi connectivity index (χ4v) is 1.41. The second-order valence-corrected chi connectivity index (χ2v) is 4.36. The van der Waals surface area contributed by atoms with Crippen LogP contribution >= 0.6 is 0 Å². The summed E-state index contributed by atoms with van der Waals surface area (Å²) < 4.78 is 1.65. The van der Waals surface area contributed by atoms with E-state index >= 15 is 0 Å². The summed E-state index contributed by atoms with van der Waals surface area (Å²) in [6.07, 6.45) is 3.23. The van der Waals surface area contributed by atoms with E-state index in [1.54, 1.807) is 4.68 Å². The van der Waals surface area contributed by atoms with Crippen LogP contribution in [0.4, 0.5) is 5.82 Å². The molecule has 1 aromatic rings. The van der Waals surface area contributed by atoms with Gasteiger partial charge in [-0.25, -0.2) is 0 Å². The minimum Gasteiger partial charge on any atom is -0.326 e. The molecule has 16 heavy (non-hydrogen) atoms. The fourth-order valence-electron chi connectivity index (χ4n) is 1.41. The molecule has 0 atom stereocenters. The number of amides is 1. The normalized spacial score (nSPS) is 10.8. The van der Waals surface area contributed by atoms with Gasteiger partial charge in [0.05, 0.1) is 0 Å². The Kier molecular flexibility index (Phi) is 4.49. The summed E-state index contributed by atoms with van der Waals surface area (Å²) in [6.45, 7) is 4.58. The van der Waals surface area contributed by atoms with Crippen LogP contribution in [0.3, 0.4) is 0 Å². The summed E-state index contributed by atoms with van der Waals surface area (Å²) in [7, 11) is 1.81. The zero-order valence-electron chi connectivity index (χ0n) is 10.2. The lowest BCUT2D eigenvalue weighted by Gasteiger charge is -2.05. The Morgan fingerprint density at radius 1 is 1.62 bits per heavy atom. The van der Waals surface area contributed by atoms with E-state index in [0.29, 0.717) is 24.7 Å². The molecule has 0 saturated heterocycles. The van der Waals surface area contributed by atoms with Crippen molar-refractivity contribution in [3.63, 3.8) is 0 Å². The molecule has 1 amide bonds. The standard InChI is InChI=1S/C11H20N4O/c1-8(2)4-5-10(16)13-11-9(6-12)7-15(3)14-11/h7-8H,4-6,12H2,1-3H3,(H,13,14,16). The van der Waals surface area contributed by atoms with Gasteiger partial charge in [-0.2, -0.15) is 5.10 Å². The highest BCUT2D eigenvalue weighted by molar-refractivity contribution is 5.90. The first-order valence-corrected chi connectivity index (χ1v) is 5.55. The molecule has 0 spiro atoms. The molecule has 0 aliphatic heterocycles.